The molecule has 0 bridgehead atoms. The fourth-order valence-corrected chi connectivity index (χ4v) is 4.53. The van der Waals surface area contributed by atoms with Crippen molar-refractivity contribution in [2.75, 3.05) is 47.5 Å². The van der Waals surface area contributed by atoms with Crippen molar-refractivity contribution in [1.82, 2.24) is 9.80 Å². The van der Waals surface area contributed by atoms with Crippen molar-refractivity contribution in [3.8, 4) is 11.5 Å². The summed E-state index contributed by atoms with van der Waals surface area (Å²) in [4.78, 5) is 4.91. The number of likely N-dealkylation sites (N-methyl/N-ethyl adjacent to an activating group) is 1. The molecule has 24 heavy (non-hydrogen) atoms. The average Bonchev–Trinajstić information content (AvgIpc) is 2.62. The lowest BCUT2D eigenvalue weighted by molar-refractivity contribution is -0.0686. The molecule has 1 aromatic rings. The topological polar surface area (TPSA) is 45.2 Å². The number of hydrogen-bond donors (Lipinski definition) is 1. The first-order valence-corrected chi connectivity index (χ1v) is 8.87. The van der Waals surface area contributed by atoms with Gasteiger partial charge in [-0.05, 0) is 51.5 Å². The quantitative estimate of drug-likeness (QED) is 0.892. The van der Waals surface area contributed by atoms with Crippen LogP contribution in [0.4, 0.5) is 0 Å². The Kier molecular flexibility index (Phi) is 5.33. The molecule has 1 aromatic carbocycles. The van der Waals surface area contributed by atoms with Crippen LogP contribution < -0.4 is 9.47 Å². The molecule has 2 saturated heterocycles. The van der Waals surface area contributed by atoms with Crippen LogP contribution in [0, 0.1) is 5.41 Å². The molecule has 0 aliphatic carbocycles. The zero-order valence-corrected chi connectivity index (χ0v) is 15.1. The Bertz CT molecular complexity index is 543. The highest BCUT2D eigenvalue weighted by Gasteiger charge is 2.46. The van der Waals surface area contributed by atoms with Crippen LogP contribution in [0.1, 0.15) is 24.8 Å². The maximum atomic E-state index is 10.0. The SMILES string of the molecule is COc1cccc(OC)c1CN1CC[C@@]2(CO)CCCN(C)[C@@H]2C1. The van der Waals surface area contributed by atoms with E-state index in [0.717, 1.165) is 56.1 Å². The summed E-state index contributed by atoms with van der Waals surface area (Å²) in [6, 6.07) is 6.37. The molecule has 5 heteroatoms. The largest absolute Gasteiger partial charge is 0.496 e. The van der Waals surface area contributed by atoms with E-state index in [1.54, 1.807) is 14.2 Å². The van der Waals surface area contributed by atoms with Gasteiger partial charge in [-0.2, -0.15) is 0 Å². The Morgan fingerprint density at radius 1 is 1.17 bits per heavy atom. The van der Waals surface area contributed by atoms with Gasteiger partial charge >= 0.3 is 0 Å². The van der Waals surface area contributed by atoms with Crippen LogP contribution in [0.3, 0.4) is 0 Å². The minimum atomic E-state index is 0.0777. The Labute approximate surface area is 145 Å². The molecule has 0 unspecified atom stereocenters. The summed E-state index contributed by atoms with van der Waals surface area (Å²) in [6.45, 7) is 4.23. The Balaban J connectivity index is 1.79. The fourth-order valence-electron chi connectivity index (χ4n) is 4.53. The minimum absolute atomic E-state index is 0.0777. The molecule has 5 nitrogen and oxygen atoms in total. The van der Waals surface area contributed by atoms with E-state index in [-0.39, 0.29) is 5.41 Å². The molecule has 134 valence electrons. The number of methoxy groups -OCH3 is 2. The number of aliphatic hydroxyl groups excluding tert-OH is 1. The molecule has 0 saturated carbocycles. The summed E-state index contributed by atoms with van der Waals surface area (Å²) in [6.07, 6.45) is 3.38. The monoisotopic (exact) mass is 334 g/mol. The molecule has 0 radical (unpaired) electrons. The highest BCUT2D eigenvalue weighted by Crippen LogP contribution is 2.42. The van der Waals surface area contributed by atoms with Gasteiger partial charge in [0.2, 0.25) is 0 Å². The summed E-state index contributed by atoms with van der Waals surface area (Å²) >= 11 is 0. The Morgan fingerprint density at radius 3 is 2.50 bits per heavy atom. The molecule has 0 amide bonds. The van der Waals surface area contributed by atoms with E-state index in [0.29, 0.717) is 12.6 Å². The summed E-state index contributed by atoms with van der Waals surface area (Å²) in [5.41, 5.74) is 1.19. The third kappa shape index (κ3) is 3.13. The van der Waals surface area contributed by atoms with E-state index >= 15 is 0 Å². The van der Waals surface area contributed by atoms with Crippen molar-refractivity contribution >= 4 is 0 Å². The van der Waals surface area contributed by atoms with Gasteiger partial charge in [0.05, 0.1) is 26.4 Å². The van der Waals surface area contributed by atoms with E-state index in [1.165, 1.54) is 6.42 Å². The molecule has 0 aromatic heterocycles. The molecule has 2 heterocycles. The average molecular weight is 334 g/mol. The highest BCUT2D eigenvalue weighted by molar-refractivity contribution is 5.44. The van der Waals surface area contributed by atoms with Gasteiger partial charge in [0.25, 0.3) is 0 Å². The van der Waals surface area contributed by atoms with E-state index in [4.69, 9.17) is 9.47 Å². The highest BCUT2D eigenvalue weighted by atomic mass is 16.5. The van der Waals surface area contributed by atoms with Crippen molar-refractivity contribution in [1.29, 1.82) is 0 Å². The number of aliphatic hydroxyl groups is 1. The van der Waals surface area contributed by atoms with Crippen molar-refractivity contribution in [2.24, 2.45) is 5.41 Å². The second kappa shape index (κ2) is 7.30. The molecule has 3 rings (SSSR count). The van der Waals surface area contributed by atoms with Gasteiger partial charge in [0.15, 0.2) is 0 Å². The number of nitrogens with zero attached hydrogens (tertiary/aromatic N) is 2. The number of benzene rings is 1. The first-order valence-electron chi connectivity index (χ1n) is 8.87. The van der Waals surface area contributed by atoms with Gasteiger partial charge in [0, 0.05) is 24.5 Å². The Morgan fingerprint density at radius 2 is 1.88 bits per heavy atom. The molecule has 2 aliphatic rings. The van der Waals surface area contributed by atoms with Gasteiger partial charge in [-0.15, -0.1) is 0 Å². The predicted molar refractivity (Wildman–Crippen MR) is 94.6 cm³/mol. The summed E-state index contributed by atoms with van der Waals surface area (Å²) in [5, 5.41) is 10.0. The van der Waals surface area contributed by atoms with Crippen LogP contribution in [0.25, 0.3) is 0 Å². The van der Waals surface area contributed by atoms with Gasteiger partial charge in [-0.1, -0.05) is 6.07 Å². The van der Waals surface area contributed by atoms with E-state index in [9.17, 15) is 5.11 Å². The van der Waals surface area contributed by atoms with Crippen molar-refractivity contribution < 1.29 is 14.6 Å². The molecule has 0 spiro atoms. The van der Waals surface area contributed by atoms with Crippen molar-refractivity contribution in [3.63, 3.8) is 0 Å². The lowest BCUT2D eigenvalue weighted by Crippen LogP contribution is -2.61. The second-order valence-corrected chi connectivity index (χ2v) is 7.25. The maximum Gasteiger partial charge on any atom is 0.127 e. The normalized spacial score (nSPS) is 28.4. The zero-order valence-electron chi connectivity index (χ0n) is 15.1. The van der Waals surface area contributed by atoms with Crippen LogP contribution >= 0.6 is 0 Å². The van der Waals surface area contributed by atoms with Crippen molar-refractivity contribution in [2.45, 2.75) is 31.8 Å². The molecule has 1 N–H and O–H groups in total. The minimum Gasteiger partial charge on any atom is -0.496 e. The standard InChI is InChI=1S/C19H30N2O3/c1-20-10-5-8-19(14-22)9-11-21(13-18(19)20)12-15-16(23-2)6-4-7-17(15)24-3/h4,6-7,18,22H,5,8-14H2,1-3H3/t18-,19-/m1/s1. The van der Waals surface area contributed by atoms with E-state index < -0.39 is 0 Å². The van der Waals surface area contributed by atoms with Gasteiger partial charge in [0.1, 0.15) is 11.5 Å². The number of likely N-dealkylation sites (tertiary alicyclic amines) is 2. The molecular weight excluding hydrogens is 304 g/mol. The summed E-state index contributed by atoms with van der Waals surface area (Å²) in [7, 11) is 5.61. The van der Waals surface area contributed by atoms with Crippen LogP contribution in [0.5, 0.6) is 11.5 Å². The number of hydrogen-bond acceptors (Lipinski definition) is 5. The van der Waals surface area contributed by atoms with Gasteiger partial charge in [-0.25, -0.2) is 0 Å². The Hall–Kier alpha value is -1.30. The van der Waals surface area contributed by atoms with Gasteiger partial charge in [-0.3, -0.25) is 4.90 Å². The summed E-state index contributed by atoms with van der Waals surface area (Å²) in [5.74, 6) is 1.76. The molecule has 2 atom stereocenters. The smallest absolute Gasteiger partial charge is 0.127 e. The third-order valence-corrected chi connectivity index (χ3v) is 6.01. The lowest BCUT2D eigenvalue weighted by Gasteiger charge is -2.53. The zero-order chi connectivity index (χ0) is 17.2. The van der Waals surface area contributed by atoms with Crippen LogP contribution in [0.2, 0.25) is 0 Å². The van der Waals surface area contributed by atoms with Crippen LogP contribution in [0.15, 0.2) is 18.2 Å². The second-order valence-electron chi connectivity index (χ2n) is 7.25. The molecule has 2 fully saturated rings. The van der Waals surface area contributed by atoms with Crippen molar-refractivity contribution in [3.05, 3.63) is 23.8 Å². The number of ether oxygens (including phenoxy) is 2. The predicted octanol–water partition coefficient (Wildman–Crippen LogP) is 1.98. The molecular formula is C19H30N2O3. The lowest BCUT2D eigenvalue weighted by atomic mass is 9.69. The number of rotatable bonds is 5. The van der Waals surface area contributed by atoms with Crippen LogP contribution in [-0.4, -0.2) is 68.5 Å². The van der Waals surface area contributed by atoms with E-state index in [1.807, 2.05) is 18.2 Å². The van der Waals surface area contributed by atoms with E-state index in [2.05, 4.69) is 16.8 Å². The number of fused-ring (bicyclic) bond motifs is 1. The number of piperidine rings is 2. The van der Waals surface area contributed by atoms with Gasteiger partial charge < -0.3 is 19.5 Å². The van der Waals surface area contributed by atoms with Crippen LogP contribution in [-0.2, 0) is 6.54 Å². The summed E-state index contributed by atoms with van der Waals surface area (Å²) < 4.78 is 11.1. The first kappa shape index (κ1) is 17.5. The fraction of sp³-hybridized carbons (Fsp3) is 0.684. The maximum absolute atomic E-state index is 10.0. The first-order chi connectivity index (χ1) is 11.6. The third-order valence-electron chi connectivity index (χ3n) is 6.01. The molecule has 2 aliphatic heterocycles.